The molecule has 1 amide bonds. The standard InChI is InChI=1S/C17H27N3O3/c1-11(10-20-7-5-6-8-20)9-18-16(21)15-12(2)14(13(3)19-15)17(22)23-4/h11,19H,5-10H2,1-4H3,(H,18,21)/t11-/m0/s1. The number of aromatic nitrogens is 1. The summed E-state index contributed by atoms with van der Waals surface area (Å²) in [5.74, 6) is -0.194. The van der Waals surface area contributed by atoms with Gasteiger partial charge in [0, 0.05) is 18.8 Å². The van der Waals surface area contributed by atoms with Crippen molar-refractivity contribution in [3.63, 3.8) is 0 Å². The number of amides is 1. The zero-order valence-electron chi connectivity index (χ0n) is 14.5. The van der Waals surface area contributed by atoms with Gasteiger partial charge in [-0.1, -0.05) is 6.92 Å². The highest BCUT2D eigenvalue weighted by atomic mass is 16.5. The van der Waals surface area contributed by atoms with Gasteiger partial charge in [-0.25, -0.2) is 4.79 Å². The van der Waals surface area contributed by atoms with Gasteiger partial charge in [0.2, 0.25) is 0 Å². The molecule has 2 rings (SSSR count). The fourth-order valence-corrected chi connectivity index (χ4v) is 3.21. The lowest BCUT2D eigenvalue weighted by Gasteiger charge is -2.20. The fourth-order valence-electron chi connectivity index (χ4n) is 3.21. The lowest BCUT2D eigenvalue weighted by molar-refractivity contribution is 0.0599. The molecule has 1 saturated heterocycles. The topological polar surface area (TPSA) is 74.4 Å². The Morgan fingerprint density at radius 2 is 1.96 bits per heavy atom. The summed E-state index contributed by atoms with van der Waals surface area (Å²) in [5.41, 5.74) is 2.18. The maximum atomic E-state index is 12.4. The predicted molar refractivity (Wildman–Crippen MR) is 88.8 cm³/mol. The van der Waals surface area contributed by atoms with Crippen molar-refractivity contribution in [1.82, 2.24) is 15.2 Å². The van der Waals surface area contributed by atoms with Crippen molar-refractivity contribution in [2.75, 3.05) is 33.3 Å². The number of aromatic amines is 1. The van der Waals surface area contributed by atoms with Gasteiger partial charge >= 0.3 is 5.97 Å². The molecule has 1 aliphatic rings. The molecule has 6 nitrogen and oxygen atoms in total. The van der Waals surface area contributed by atoms with E-state index in [0.29, 0.717) is 35.0 Å². The average Bonchev–Trinajstić information content (AvgIpc) is 3.12. The zero-order valence-corrected chi connectivity index (χ0v) is 14.5. The van der Waals surface area contributed by atoms with Crippen LogP contribution in [0, 0.1) is 19.8 Å². The first-order chi connectivity index (χ1) is 10.9. The van der Waals surface area contributed by atoms with Gasteiger partial charge in [0.05, 0.1) is 12.7 Å². The third kappa shape index (κ3) is 4.13. The number of ether oxygens (including phenoxy) is 1. The zero-order chi connectivity index (χ0) is 17.0. The second kappa shape index (κ2) is 7.64. The van der Waals surface area contributed by atoms with Crippen LogP contribution in [0.15, 0.2) is 0 Å². The smallest absolute Gasteiger partial charge is 0.339 e. The van der Waals surface area contributed by atoms with Gasteiger partial charge in [0.1, 0.15) is 5.69 Å². The highest BCUT2D eigenvalue weighted by Crippen LogP contribution is 2.19. The molecule has 0 spiro atoms. The molecule has 1 aromatic rings. The first-order valence-corrected chi connectivity index (χ1v) is 8.22. The number of esters is 1. The third-order valence-electron chi connectivity index (χ3n) is 4.43. The van der Waals surface area contributed by atoms with Crippen molar-refractivity contribution in [3.8, 4) is 0 Å². The summed E-state index contributed by atoms with van der Waals surface area (Å²) in [5, 5.41) is 2.96. The third-order valence-corrected chi connectivity index (χ3v) is 4.43. The maximum Gasteiger partial charge on any atom is 0.339 e. The second-order valence-electron chi connectivity index (χ2n) is 6.44. The van der Waals surface area contributed by atoms with Gasteiger partial charge in [-0.05, 0) is 51.3 Å². The van der Waals surface area contributed by atoms with Crippen molar-refractivity contribution in [2.24, 2.45) is 5.92 Å². The van der Waals surface area contributed by atoms with Crippen LogP contribution in [-0.2, 0) is 4.74 Å². The highest BCUT2D eigenvalue weighted by Gasteiger charge is 2.23. The van der Waals surface area contributed by atoms with E-state index >= 15 is 0 Å². The molecule has 0 aliphatic carbocycles. The molecule has 0 unspecified atom stereocenters. The van der Waals surface area contributed by atoms with Crippen molar-refractivity contribution in [3.05, 3.63) is 22.5 Å². The van der Waals surface area contributed by atoms with Crippen molar-refractivity contribution in [2.45, 2.75) is 33.6 Å². The minimum absolute atomic E-state index is 0.172. The highest BCUT2D eigenvalue weighted by molar-refractivity contribution is 6.00. The Balaban J connectivity index is 1.94. The van der Waals surface area contributed by atoms with Crippen LogP contribution in [-0.4, -0.2) is 55.0 Å². The number of nitrogens with zero attached hydrogens (tertiary/aromatic N) is 1. The number of carbonyl (C=O) groups is 2. The SMILES string of the molecule is COC(=O)c1c(C)[nH]c(C(=O)NC[C@H](C)CN2CCCC2)c1C. The molecular weight excluding hydrogens is 294 g/mol. The van der Waals surface area contributed by atoms with Crippen LogP contribution in [0.2, 0.25) is 0 Å². The van der Waals surface area contributed by atoms with E-state index in [0.717, 1.165) is 19.6 Å². The summed E-state index contributed by atoms with van der Waals surface area (Å²) < 4.78 is 4.77. The fraction of sp³-hybridized carbons (Fsp3) is 0.647. The summed E-state index contributed by atoms with van der Waals surface area (Å²) >= 11 is 0. The van der Waals surface area contributed by atoms with Gasteiger partial charge in [0.25, 0.3) is 5.91 Å². The molecule has 23 heavy (non-hydrogen) atoms. The molecule has 0 radical (unpaired) electrons. The van der Waals surface area contributed by atoms with Crippen LogP contribution in [0.5, 0.6) is 0 Å². The Kier molecular flexibility index (Phi) is 5.82. The van der Waals surface area contributed by atoms with E-state index < -0.39 is 5.97 Å². The Bertz CT molecular complexity index is 574. The van der Waals surface area contributed by atoms with E-state index in [1.165, 1.54) is 20.0 Å². The van der Waals surface area contributed by atoms with E-state index in [9.17, 15) is 9.59 Å². The first-order valence-electron chi connectivity index (χ1n) is 8.22. The van der Waals surface area contributed by atoms with E-state index in [1.807, 2.05) is 0 Å². The van der Waals surface area contributed by atoms with Crippen LogP contribution in [0.4, 0.5) is 0 Å². The molecule has 2 N–H and O–H groups in total. The van der Waals surface area contributed by atoms with E-state index in [4.69, 9.17) is 4.74 Å². The largest absolute Gasteiger partial charge is 0.465 e. The molecule has 6 heteroatoms. The number of nitrogens with one attached hydrogen (secondary N) is 2. The van der Waals surface area contributed by atoms with Gasteiger partial charge in [-0.3, -0.25) is 4.79 Å². The molecule has 1 aromatic heterocycles. The van der Waals surface area contributed by atoms with Gasteiger partial charge in [-0.15, -0.1) is 0 Å². The van der Waals surface area contributed by atoms with E-state index in [2.05, 4.69) is 22.1 Å². The molecule has 1 fully saturated rings. The van der Waals surface area contributed by atoms with Crippen molar-refractivity contribution < 1.29 is 14.3 Å². The number of H-pyrrole nitrogens is 1. The maximum absolute atomic E-state index is 12.4. The summed E-state index contributed by atoms with van der Waals surface area (Å²) in [6.45, 7) is 9.64. The van der Waals surface area contributed by atoms with Crippen molar-refractivity contribution in [1.29, 1.82) is 0 Å². The molecule has 0 aromatic carbocycles. The second-order valence-corrected chi connectivity index (χ2v) is 6.44. The van der Waals surface area contributed by atoms with E-state index in [1.54, 1.807) is 13.8 Å². The predicted octanol–water partition coefficient (Wildman–Crippen LogP) is 1.88. The van der Waals surface area contributed by atoms with Gasteiger partial charge in [0.15, 0.2) is 0 Å². The monoisotopic (exact) mass is 321 g/mol. The molecular formula is C17H27N3O3. The lowest BCUT2D eigenvalue weighted by atomic mass is 10.1. The minimum atomic E-state index is -0.419. The molecule has 1 aliphatic heterocycles. The molecule has 128 valence electrons. The Labute approximate surface area is 137 Å². The normalized spacial score (nSPS) is 16.3. The summed E-state index contributed by atoms with van der Waals surface area (Å²) in [6.07, 6.45) is 2.55. The Hall–Kier alpha value is -1.82. The van der Waals surface area contributed by atoms with Gasteiger partial charge < -0.3 is 19.9 Å². The van der Waals surface area contributed by atoms with Crippen molar-refractivity contribution >= 4 is 11.9 Å². The average molecular weight is 321 g/mol. The number of carbonyl (C=O) groups excluding carboxylic acids is 2. The lowest BCUT2D eigenvalue weighted by Crippen LogP contribution is -2.34. The van der Waals surface area contributed by atoms with Crippen LogP contribution in [0.1, 0.15) is 51.9 Å². The van der Waals surface area contributed by atoms with Crippen LogP contribution in [0.3, 0.4) is 0 Å². The first kappa shape index (κ1) is 17.5. The summed E-state index contributed by atoms with van der Waals surface area (Å²) in [6, 6.07) is 0. The minimum Gasteiger partial charge on any atom is -0.465 e. The molecule has 2 heterocycles. The number of rotatable bonds is 6. The number of hydrogen-bond acceptors (Lipinski definition) is 4. The van der Waals surface area contributed by atoms with E-state index in [-0.39, 0.29) is 5.91 Å². The van der Waals surface area contributed by atoms with Crippen LogP contribution >= 0.6 is 0 Å². The summed E-state index contributed by atoms with van der Waals surface area (Å²) in [4.78, 5) is 29.6. The quantitative estimate of drug-likeness (QED) is 0.785. The molecule has 1 atom stereocenters. The molecule has 0 saturated carbocycles. The number of methoxy groups -OCH3 is 1. The number of aryl methyl sites for hydroxylation is 1. The molecule has 0 bridgehead atoms. The van der Waals surface area contributed by atoms with Gasteiger partial charge in [-0.2, -0.15) is 0 Å². The number of likely N-dealkylation sites (tertiary alicyclic amines) is 1. The Morgan fingerprint density at radius 1 is 1.30 bits per heavy atom. The number of hydrogen-bond donors (Lipinski definition) is 2. The van der Waals surface area contributed by atoms with Crippen LogP contribution in [0.25, 0.3) is 0 Å². The Morgan fingerprint density at radius 3 is 2.57 bits per heavy atom. The van der Waals surface area contributed by atoms with Crippen LogP contribution < -0.4 is 5.32 Å². The summed E-state index contributed by atoms with van der Waals surface area (Å²) in [7, 11) is 1.34.